The van der Waals surface area contributed by atoms with Gasteiger partial charge >= 0.3 is 0 Å². The lowest BCUT2D eigenvalue weighted by atomic mass is 9.95. The molecule has 2 aromatic carbocycles. The Kier molecular flexibility index (Phi) is 6.16. The van der Waals surface area contributed by atoms with Crippen molar-refractivity contribution in [3.05, 3.63) is 71.8 Å². The van der Waals surface area contributed by atoms with E-state index >= 15 is 0 Å². The molecule has 0 aromatic heterocycles. The molecular weight excluding hydrogens is 272 g/mol. The molecule has 3 heteroatoms. The highest BCUT2D eigenvalue weighted by atomic mass is 16.2. The van der Waals surface area contributed by atoms with Crippen LogP contribution in [0.1, 0.15) is 30.4 Å². The number of amides is 1. The molecule has 3 nitrogen and oxygen atoms in total. The molecule has 0 aliphatic heterocycles. The smallest absolute Gasteiger partial charge is 0.230 e. The topological polar surface area (TPSA) is 46.3 Å². The van der Waals surface area contributed by atoms with Gasteiger partial charge in [-0.15, -0.1) is 0 Å². The molecule has 0 saturated heterocycles. The van der Waals surface area contributed by atoms with Gasteiger partial charge in [0.15, 0.2) is 0 Å². The first-order valence-electron chi connectivity index (χ1n) is 7.84. The molecule has 116 valence electrons. The van der Waals surface area contributed by atoms with Crippen molar-refractivity contribution in [1.29, 1.82) is 0 Å². The second-order valence-corrected chi connectivity index (χ2v) is 5.41. The van der Waals surface area contributed by atoms with Gasteiger partial charge in [-0.2, -0.15) is 0 Å². The van der Waals surface area contributed by atoms with Crippen molar-refractivity contribution in [3.63, 3.8) is 0 Å². The molecule has 0 aliphatic carbocycles. The molecule has 0 radical (unpaired) electrons. The van der Waals surface area contributed by atoms with Crippen LogP contribution in [0.2, 0.25) is 0 Å². The Morgan fingerprint density at radius 1 is 1.05 bits per heavy atom. The van der Waals surface area contributed by atoms with E-state index in [4.69, 9.17) is 5.73 Å². The van der Waals surface area contributed by atoms with Crippen LogP contribution in [-0.2, 0) is 11.3 Å². The van der Waals surface area contributed by atoms with Crippen LogP contribution < -0.4 is 5.73 Å². The molecule has 2 aromatic rings. The van der Waals surface area contributed by atoms with Gasteiger partial charge in [0.25, 0.3) is 0 Å². The molecule has 0 bridgehead atoms. The summed E-state index contributed by atoms with van der Waals surface area (Å²) in [5, 5.41) is 0. The van der Waals surface area contributed by atoms with Crippen molar-refractivity contribution >= 4 is 5.91 Å². The van der Waals surface area contributed by atoms with E-state index in [0.29, 0.717) is 19.6 Å². The molecule has 0 spiro atoms. The number of hydrogen-bond acceptors (Lipinski definition) is 2. The van der Waals surface area contributed by atoms with Crippen molar-refractivity contribution in [2.24, 2.45) is 5.73 Å². The van der Waals surface area contributed by atoms with E-state index in [0.717, 1.165) is 17.5 Å². The van der Waals surface area contributed by atoms with Gasteiger partial charge in [-0.05, 0) is 17.5 Å². The summed E-state index contributed by atoms with van der Waals surface area (Å²) in [4.78, 5) is 14.8. The quantitative estimate of drug-likeness (QED) is 0.853. The van der Waals surface area contributed by atoms with Gasteiger partial charge in [-0.25, -0.2) is 0 Å². The Hall–Kier alpha value is -2.13. The highest BCUT2D eigenvalue weighted by Crippen LogP contribution is 2.22. The van der Waals surface area contributed by atoms with Crippen LogP contribution in [0.3, 0.4) is 0 Å². The summed E-state index contributed by atoms with van der Waals surface area (Å²) in [7, 11) is 0. The standard InChI is InChI=1S/C19H24N2O/c1-2-18(17-11-7-4-8-12-17)19(22)21(14-13-20)15-16-9-5-3-6-10-16/h3-12,18H,2,13-15,20H2,1H3. The van der Waals surface area contributed by atoms with E-state index in [1.165, 1.54) is 0 Å². The van der Waals surface area contributed by atoms with Crippen LogP contribution in [0.15, 0.2) is 60.7 Å². The summed E-state index contributed by atoms with van der Waals surface area (Å²) in [5.41, 5.74) is 7.91. The van der Waals surface area contributed by atoms with E-state index < -0.39 is 0 Å². The maximum atomic E-state index is 12.9. The zero-order valence-electron chi connectivity index (χ0n) is 13.1. The highest BCUT2D eigenvalue weighted by Gasteiger charge is 2.24. The van der Waals surface area contributed by atoms with Gasteiger partial charge < -0.3 is 10.6 Å². The molecule has 0 fully saturated rings. The molecular formula is C19H24N2O. The summed E-state index contributed by atoms with van der Waals surface area (Å²) in [6.07, 6.45) is 0.790. The van der Waals surface area contributed by atoms with Gasteiger partial charge in [0.1, 0.15) is 0 Å². The number of carbonyl (C=O) groups is 1. The van der Waals surface area contributed by atoms with Crippen molar-refractivity contribution in [1.82, 2.24) is 4.90 Å². The summed E-state index contributed by atoms with van der Waals surface area (Å²) in [6.45, 7) is 3.72. The summed E-state index contributed by atoms with van der Waals surface area (Å²) in [5.74, 6) is 0.0551. The molecule has 2 N–H and O–H groups in total. The van der Waals surface area contributed by atoms with Crippen LogP contribution in [0.5, 0.6) is 0 Å². The number of benzene rings is 2. The lowest BCUT2D eigenvalue weighted by Crippen LogP contribution is -2.38. The Bertz CT molecular complexity index is 569. The van der Waals surface area contributed by atoms with Crippen molar-refractivity contribution in [2.75, 3.05) is 13.1 Å². The SMILES string of the molecule is CCC(C(=O)N(CCN)Cc1ccccc1)c1ccccc1. The zero-order valence-corrected chi connectivity index (χ0v) is 13.1. The van der Waals surface area contributed by atoms with Gasteiger partial charge in [0.05, 0.1) is 5.92 Å². The fourth-order valence-corrected chi connectivity index (χ4v) is 2.69. The first-order chi connectivity index (χ1) is 10.8. The maximum absolute atomic E-state index is 12.9. The van der Waals surface area contributed by atoms with Crippen LogP contribution in [0, 0.1) is 0 Å². The van der Waals surface area contributed by atoms with Crippen LogP contribution in [0.25, 0.3) is 0 Å². The fraction of sp³-hybridized carbons (Fsp3) is 0.316. The van der Waals surface area contributed by atoms with Crippen molar-refractivity contribution in [2.45, 2.75) is 25.8 Å². The lowest BCUT2D eigenvalue weighted by Gasteiger charge is -2.27. The molecule has 0 aliphatic rings. The summed E-state index contributed by atoms with van der Waals surface area (Å²) < 4.78 is 0. The summed E-state index contributed by atoms with van der Waals surface area (Å²) in [6, 6.07) is 20.0. The van der Waals surface area contributed by atoms with E-state index in [9.17, 15) is 4.79 Å². The van der Waals surface area contributed by atoms with Crippen LogP contribution >= 0.6 is 0 Å². The van der Waals surface area contributed by atoms with E-state index in [2.05, 4.69) is 6.92 Å². The highest BCUT2D eigenvalue weighted by molar-refractivity contribution is 5.83. The van der Waals surface area contributed by atoms with Crippen LogP contribution in [-0.4, -0.2) is 23.9 Å². The van der Waals surface area contributed by atoms with Gasteiger partial charge in [-0.1, -0.05) is 67.6 Å². The minimum absolute atomic E-state index is 0.100. The normalized spacial score (nSPS) is 11.9. The predicted octanol–water partition coefficient (Wildman–Crippen LogP) is 3.17. The van der Waals surface area contributed by atoms with Gasteiger partial charge in [0, 0.05) is 19.6 Å². The Balaban J connectivity index is 2.17. The third kappa shape index (κ3) is 4.18. The molecule has 2 rings (SSSR count). The molecule has 1 atom stereocenters. The Labute approximate surface area is 132 Å². The Morgan fingerprint density at radius 3 is 2.18 bits per heavy atom. The number of carbonyl (C=O) groups excluding carboxylic acids is 1. The van der Waals surface area contributed by atoms with Gasteiger partial charge in [0.2, 0.25) is 5.91 Å². The minimum atomic E-state index is -0.100. The van der Waals surface area contributed by atoms with Gasteiger partial charge in [-0.3, -0.25) is 4.79 Å². The second-order valence-electron chi connectivity index (χ2n) is 5.41. The average Bonchev–Trinajstić information content (AvgIpc) is 2.57. The number of rotatable bonds is 7. The monoisotopic (exact) mass is 296 g/mol. The maximum Gasteiger partial charge on any atom is 0.230 e. The first-order valence-corrected chi connectivity index (χ1v) is 7.84. The average molecular weight is 296 g/mol. The Morgan fingerprint density at radius 2 is 1.64 bits per heavy atom. The largest absolute Gasteiger partial charge is 0.337 e. The first kappa shape index (κ1) is 16.2. The van der Waals surface area contributed by atoms with Crippen LogP contribution in [0.4, 0.5) is 0 Å². The van der Waals surface area contributed by atoms with E-state index in [1.54, 1.807) is 0 Å². The van der Waals surface area contributed by atoms with Crippen molar-refractivity contribution < 1.29 is 4.79 Å². The fourth-order valence-electron chi connectivity index (χ4n) is 2.69. The molecule has 1 amide bonds. The molecule has 1 unspecified atom stereocenters. The molecule has 22 heavy (non-hydrogen) atoms. The minimum Gasteiger partial charge on any atom is -0.337 e. The number of nitrogens with zero attached hydrogens (tertiary/aromatic N) is 1. The van der Waals surface area contributed by atoms with Crippen molar-refractivity contribution in [3.8, 4) is 0 Å². The third-order valence-corrected chi connectivity index (χ3v) is 3.84. The predicted molar refractivity (Wildman–Crippen MR) is 90.4 cm³/mol. The number of nitrogens with two attached hydrogens (primary N) is 1. The lowest BCUT2D eigenvalue weighted by molar-refractivity contribution is -0.133. The number of hydrogen-bond donors (Lipinski definition) is 1. The van der Waals surface area contributed by atoms with E-state index in [-0.39, 0.29) is 11.8 Å². The molecule has 0 heterocycles. The summed E-state index contributed by atoms with van der Waals surface area (Å²) >= 11 is 0. The second kappa shape index (κ2) is 8.35. The van der Waals surface area contributed by atoms with E-state index in [1.807, 2.05) is 65.6 Å². The zero-order chi connectivity index (χ0) is 15.8. The third-order valence-electron chi connectivity index (χ3n) is 3.84. The molecule has 0 saturated carbocycles.